The van der Waals surface area contributed by atoms with E-state index < -0.39 is 5.97 Å². The number of hydrogen-bond acceptors (Lipinski definition) is 4. The Labute approximate surface area is 91.6 Å². The number of aromatic carboxylic acids is 1. The topological polar surface area (TPSA) is 89.1 Å². The normalized spacial score (nSPS) is 10.0. The molecule has 0 saturated heterocycles. The van der Waals surface area contributed by atoms with Gasteiger partial charge in [0.05, 0.1) is 5.69 Å². The first-order valence-electron chi connectivity index (χ1n) is 4.59. The zero-order valence-electron chi connectivity index (χ0n) is 8.29. The summed E-state index contributed by atoms with van der Waals surface area (Å²) in [5.41, 5.74) is 6.86. The average Bonchev–Trinajstić information content (AvgIpc) is 2.29. The van der Waals surface area contributed by atoms with E-state index in [4.69, 9.17) is 10.8 Å². The molecule has 0 aromatic carbocycles. The van der Waals surface area contributed by atoms with Crippen molar-refractivity contribution in [3.63, 3.8) is 0 Å². The Morgan fingerprint density at radius 3 is 2.81 bits per heavy atom. The summed E-state index contributed by atoms with van der Waals surface area (Å²) in [6.45, 7) is 0. The van der Waals surface area contributed by atoms with Gasteiger partial charge in [-0.2, -0.15) is 0 Å². The monoisotopic (exact) mass is 215 g/mol. The lowest BCUT2D eigenvalue weighted by molar-refractivity contribution is 0.0690. The third-order valence-electron chi connectivity index (χ3n) is 2.05. The Morgan fingerprint density at radius 1 is 1.31 bits per heavy atom. The minimum Gasteiger partial charge on any atom is -0.477 e. The lowest BCUT2D eigenvalue weighted by Gasteiger charge is -2.02. The summed E-state index contributed by atoms with van der Waals surface area (Å²) in [4.78, 5) is 18.6. The van der Waals surface area contributed by atoms with E-state index in [1.54, 1.807) is 30.5 Å². The smallest absolute Gasteiger partial charge is 0.354 e. The van der Waals surface area contributed by atoms with Crippen molar-refractivity contribution in [1.29, 1.82) is 0 Å². The van der Waals surface area contributed by atoms with Crippen molar-refractivity contribution in [2.45, 2.75) is 0 Å². The molecular formula is C11H9N3O2. The maximum absolute atomic E-state index is 10.8. The molecule has 0 spiro atoms. The van der Waals surface area contributed by atoms with Crippen LogP contribution in [-0.4, -0.2) is 21.0 Å². The standard InChI is InChI=1S/C11H9N3O2/c12-10-6-7(4-5-13-10)8-2-1-3-9(14-8)11(15)16/h1-6H,(H2,12,13)(H,15,16). The van der Waals surface area contributed by atoms with Gasteiger partial charge in [-0.3, -0.25) is 0 Å². The fourth-order valence-corrected chi connectivity index (χ4v) is 1.32. The molecule has 2 heterocycles. The maximum Gasteiger partial charge on any atom is 0.354 e. The van der Waals surface area contributed by atoms with Crippen molar-refractivity contribution >= 4 is 11.8 Å². The SMILES string of the molecule is Nc1cc(-c2cccc(C(=O)O)n2)ccn1. The highest BCUT2D eigenvalue weighted by molar-refractivity contribution is 5.86. The van der Waals surface area contributed by atoms with Crippen molar-refractivity contribution in [3.05, 3.63) is 42.2 Å². The van der Waals surface area contributed by atoms with Gasteiger partial charge in [0.2, 0.25) is 0 Å². The molecule has 0 radical (unpaired) electrons. The molecule has 0 aliphatic carbocycles. The molecule has 0 saturated carbocycles. The van der Waals surface area contributed by atoms with E-state index in [-0.39, 0.29) is 5.69 Å². The number of rotatable bonds is 2. The Hall–Kier alpha value is -2.43. The molecule has 0 unspecified atom stereocenters. The van der Waals surface area contributed by atoms with Gasteiger partial charge in [0.15, 0.2) is 0 Å². The van der Waals surface area contributed by atoms with Gasteiger partial charge in [0.25, 0.3) is 0 Å². The second kappa shape index (κ2) is 3.98. The van der Waals surface area contributed by atoms with E-state index in [0.717, 1.165) is 5.56 Å². The maximum atomic E-state index is 10.8. The van der Waals surface area contributed by atoms with Crippen LogP contribution < -0.4 is 5.73 Å². The van der Waals surface area contributed by atoms with Crippen LogP contribution in [0.5, 0.6) is 0 Å². The van der Waals surface area contributed by atoms with Gasteiger partial charge in [-0.25, -0.2) is 14.8 Å². The van der Waals surface area contributed by atoms with Crippen molar-refractivity contribution < 1.29 is 9.90 Å². The van der Waals surface area contributed by atoms with Crippen molar-refractivity contribution in [3.8, 4) is 11.3 Å². The number of carboxylic acid groups (broad SMARTS) is 1. The third-order valence-corrected chi connectivity index (χ3v) is 2.05. The van der Waals surface area contributed by atoms with Gasteiger partial charge in [-0.05, 0) is 24.3 Å². The Kier molecular flexibility index (Phi) is 2.51. The molecule has 0 bridgehead atoms. The molecule has 16 heavy (non-hydrogen) atoms. The summed E-state index contributed by atoms with van der Waals surface area (Å²) in [6, 6.07) is 8.18. The number of nitrogens with zero attached hydrogens (tertiary/aromatic N) is 2. The number of anilines is 1. The van der Waals surface area contributed by atoms with Crippen LogP contribution >= 0.6 is 0 Å². The summed E-state index contributed by atoms with van der Waals surface area (Å²) < 4.78 is 0. The minimum absolute atomic E-state index is 0.00730. The van der Waals surface area contributed by atoms with Crippen LogP contribution in [0.25, 0.3) is 11.3 Å². The van der Waals surface area contributed by atoms with E-state index in [2.05, 4.69) is 9.97 Å². The molecular weight excluding hydrogens is 206 g/mol. The fourth-order valence-electron chi connectivity index (χ4n) is 1.32. The molecule has 0 atom stereocenters. The lowest BCUT2D eigenvalue weighted by atomic mass is 10.1. The van der Waals surface area contributed by atoms with E-state index in [0.29, 0.717) is 11.5 Å². The van der Waals surface area contributed by atoms with Gasteiger partial charge in [0.1, 0.15) is 11.5 Å². The summed E-state index contributed by atoms with van der Waals surface area (Å²) >= 11 is 0. The molecule has 0 aliphatic heterocycles. The quantitative estimate of drug-likeness (QED) is 0.790. The predicted octanol–water partition coefficient (Wildman–Crippen LogP) is 1.42. The van der Waals surface area contributed by atoms with Gasteiger partial charge in [-0.1, -0.05) is 6.07 Å². The molecule has 0 aliphatic rings. The Bertz CT molecular complexity index is 540. The first kappa shape index (κ1) is 10.1. The molecule has 2 aromatic heterocycles. The highest BCUT2D eigenvalue weighted by atomic mass is 16.4. The largest absolute Gasteiger partial charge is 0.477 e. The molecule has 2 rings (SSSR count). The first-order valence-corrected chi connectivity index (χ1v) is 4.59. The van der Waals surface area contributed by atoms with Gasteiger partial charge >= 0.3 is 5.97 Å². The fraction of sp³-hybridized carbons (Fsp3) is 0. The van der Waals surface area contributed by atoms with Crippen molar-refractivity contribution in [2.24, 2.45) is 0 Å². The number of pyridine rings is 2. The van der Waals surface area contributed by atoms with Crippen LogP contribution in [0.1, 0.15) is 10.5 Å². The van der Waals surface area contributed by atoms with E-state index in [1.165, 1.54) is 6.07 Å². The summed E-state index contributed by atoms with van der Waals surface area (Å²) in [6.07, 6.45) is 1.56. The number of nitrogen functional groups attached to an aromatic ring is 1. The van der Waals surface area contributed by atoms with Gasteiger partial charge < -0.3 is 10.8 Å². The van der Waals surface area contributed by atoms with Crippen molar-refractivity contribution in [1.82, 2.24) is 9.97 Å². The van der Waals surface area contributed by atoms with E-state index in [9.17, 15) is 4.79 Å². The molecule has 0 amide bonds. The van der Waals surface area contributed by atoms with Crippen molar-refractivity contribution in [2.75, 3.05) is 5.73 Å². The lowest BCUT2D eigenvalue weighted by Crippen LogP contribution is -2.00. The average molecular weight is 215 g/mol. The van der Waals surface area contributed by atoms with Crippen LogP contribution in [0.15, 0.2) is 36.5 Å². The highest BCUT2D eigenvalue weighted by Gasteiger charge is 2.06. The molecule has 2 aromatic rings. The number of aromatic nitrogens is 2. The highest BCUT2D eigenvalue weighted by Crippen LogP contribution is 2.18. The number of nitrogens with two attached hydrogens (primary N) is 1. The van der Waals surface area contributed by atoms with Crippen LogP contribution in [0.3, 0.4) is 0 Å². The minimum atomic E-state index is -1.05. The van der Waals surface area contributed by atoms with Crippen LogP contribution in [0.4, 0.5) is 5.82 Å². The van der Waals surface area contributed by atoms with Crippen LogP contribution in [0.2, 0.25) is 0 Å². The zero-order chi connectivity index (χ0) is 11.5. The molecule has 5 nitrogen and oxygen atoms in total. The Morgan fingerprint density at radius 2 is 2.12 bits per heavy atom. The molecule has 80 valence electrons. The molecule has 0 fully saturated rings. The summed E-state index contributed by atoms with van der Waals surface area (Å²) in [5, 5.41) is 8.81. The number of carbonyl (C=O) groups is 1. The number of hydrogen-bond donors (Lipinski definition) is 2. The van der Waals surface area contributed by atoms with E-state index in [1.807, 2.05) is 0 Å². The predicted molar refractivity (Wildman–Crippen MR) is 58.8 cm³/mol. The second-order valence-corrected chi connectivity index (χ2v) is 3.18. The zero-order valence-corrected chi connectivity index (χ0v) is 8.29. The van der Waals surface area contributed by atoms with Gasteiger partial charge in [-0.15, -0.1) is 0 Å². The van der Waals surface area contributed by atoms with E-state index >= 15 is 0 Å². The second-order valence-electron chi connectivity index (χ2n) is 3.18. The number of carboxylic acids is 1. The van der Waals surface area contributed by atoms with Gasteiger partial charge in [0, 0.05) is 11.8 Å². The van der Waals surface area contributed by atoms with Crippen LogP contribution in [0, 0.1) is 0 Å². The Balaban J connectivity index is 2.48. The molecule has 5 heteroatoms. The third kappa shape index (κ3) is 1.98. The first-order chi connectivity index (χ1) is 7.66. The van der Waals surface area contributed by atoms with Crippen LogP contribution in [-0.2, 0) is 0 Å². The summed E-state index contributed by atoms with van der Waals surface area (Å²) in [7, 11) is 0. The molecule has 3 N–H and O–H groups in total. The summed E-state index contributed by atoms with van der Waals surface area (Å²) in [5.74, 6) is -0.677.